The van der Waals surface area contributed by atoms with Crippen molar-refractivity contribution in [2.45, 2.75) is 20.0 Å². The lowest BCUT2D eigenvalue weighted by molar-refractivity contribution is -0.385. The standard InChI is InChI=1S/C10H9Cl2NO4/c1-5(2)17-7-4-3-6(10(12)14)8(11)9(7)13(15)16/h3-5H,1-2H3. The molecule has 92 valence electrons. The molecule has 0 saturated carbocycles. The van der Waals surface area contributed by atoms with Gasteiger partial charge in [0.25, 0.3) is 5.24 Å². The van der Waals surface area contributed by atoms with Gasteiger partial charge in [-0.3, -0.25) is 14.9 Å². The summed E-state index contributed by atoms with van der Waals surface area (Å²) in [6.45, 7) is 3.44. The maximum Gasteiger partial charge on any atom is 0.330 e. The summed E-state index contributed by atoms with van der Waals surface area (Å²) in [6, 6.07) is 2.60. The average Bonchev–Trinajstić information content (AvgIpc) is 2.15. The van der Waals surface area contributed by atoms with Crippen LogP contribution in [0, 0.1) is 10.1 Å². The van der Waals surface area contributed by atoms with Crippen LogP contribution in [0.3, 0.4) is 0 Å². The lowest BCUT2D eigenvalue weighted by Crippen LogP contribution is -2.08. The summed E-state index contributed by atoms with van der Waals surface area (Å²) in [5.74, 6) is 0.0108. The number of hydrogen-bond acceptors (Lipinski definition) is 4. The van der Waals surface area contributed by atoms with E-state index >= 15 is 0 Å². The van der Waals surface area contributed by atoms with Gasteiger partial charge in [-0.15, -0.1) is 0 Å². The minimum absolute atomic E-state index is 0.0108. The second-order valence-electron chi connectivity index (χ2n) is 3.47. The molecule has 0 unspecified atom stereocenters. The van der Waals surface area contributed by atoms with Crippen molar-refractivity contribution in [2.24, 2.45) is 0 Å². The zero-order valence-corrected chi connectivity index (χ0v) is 10.6. The first-order chi connectivity index (χ1) is 7.84. The monoisotopic (exact) mass is 277 g/mol. The molecule has 0 bridgehead atoms. The number of carbonyl (C=O) groups is 1. The molecule has 0 aliphatic rings. The van der Waals surface area contributed by atoms with Crippen LogP contribution in [0.15, 0.2) is 12.1 Å². The topological polar surface area (TPSA) is 69.4 Å². The number of nitro groups is 1. The van der Waals surface area contributed by atoms with Crippen molar-refractivity contribution < 1.29 is 14.5 Å². The lowest BCUT2D eigenvalue weighted by atomic mass is 10.2. The zero-order valence-electron chi connectivity index (χ0n) is 9.07. The summed E-state index contributed by atoms with van der Waals surface area (Å²) in [6.07, 6.45) is -0.248. The molecule has 0 radical (unpaired) electrons. The Bertz CT molecular complexity index is 474. The van der Waals surface area contributed by atoms with E-state index in [9.17, 15) is 14.9 Å². The number of nitro benzene ring substituents is 1. The number of ether oxygens (including phenoxy) is 1. The summed E-state index contributed by atoms with van der Waals surface area (Å²) in [5.41, 5.74) is -0.567. The van der Waals surface area contributed by atoms with Crippen LogP contribution >= 0.6 is 23.2 Å². The Kier molecular flexibility index (Phi) is 4.31. The van der Waals surface area contributed by atoms with Crippen molar-refractivity contribution in [3.05, 3.63) is 32.8 Å². The first kappa shape index (κ1) is 13.7. The Hall–Kier alpha value is -1.33. The maximum atomic E-state index is 11.0. The highest BCUT2D eigenvalue weighted by Crippen LogP contribution is 2.38. The molecule has 1 rings (SSSR count). The van der Waals surface area contributed by atoms with E-state index in [-0.39, 0.29) is 22.4 Å². The van der Waals surface area contributed by atoms with Crippen molar-refractivity contribution in [1.82, 2.24) is 0 Å². The van der Waals surface area contributed by atoms with Crippen LogP contribution in [-0.2, 0) is 0 Å². The van der Waals surface area contributed by atoms with Crippen LogP contribution in [0.1, 0.15) is 24.2 Å². The molecule has 0 amide bonds. The van der Waals surface area contributed by atoms with Gasteiger partial charge in [0.2, 0.25) is 0 Å². The third-order valence-corrected chi connectivity index (χ3v) is 2.42. The molecule has 1 aromatic carbocycles. The first-order valence-electron chi connectivity index (χ1n) is 4.68. The lowest BCUT2D eigenvalue weighted by Gasteiger charge is -2.11. The highest BCUT2D eigenvalue weighted by molar-refractivity contribution is 6.69. The molecule has 0 aliphatic heterocycles. The fraction of sp³-hybridized carbons (Fsp3) is 0.300. The Morgan fingerprint density at radius 1 is 1.47 bits per heavy atom. The Labute approximate surface area is 107 Å². The van der Waals surface area contributed by atoms with Gasteiger partial charge in [-0.05, 0) is 37.6 Å². The van der Waals surface area contributed by atoms with Gasteiger partial charge in [0.1, 0.15) is 5.02 Å². The molecule has 0 aliphatic carbocycles. The molecular weight excluding hydrogens is 269 g/mol. The van der Waals surface area contributed by atoms with Crippen molar-refractivity contribution in [3.63, 3.8) is 0 Å². The van der Waals surface area contributed by atoms with E-state index in [2.05, 4.69) is 0 Å². The predicted octanol–water partition coefficient (Wildman–Crippen LogP) is 3.41. The van der Waals surface area contributed by atoms with Crippen LogP contribution < -0.4 is 4.74 Å². The number of benzene rings is 1. The van der Waals surface area contributed by atoms with Gasteiger partial charge in [0.05, 0.1) is 16.6 Å². The van der Waals surface area contributed by atoms with E-state index in [1.54, 1.807) is 13.8 Å². The van der Waals surface area contributed by atoms with Gasteiger partial charge in [-0.2, -0.15) is 0 Å². The largest absolute Gasteiger partial charge is 0.484 e. The van der Waals surface area contributed by atoms with Crippen LogP contribution in [0.5, 0.6) is 5.75 Å². The third kappa shape index (κ3) is 3.08. The van der Waals surface area contributed by atoms with Crippen LogP contribution in [0.25, 0.3) is 0 Å². The second kappa shape index (κ2) is 5.33. The van der Waals surface area contributed by atoms with Gasteiger partial charge in [0.15, 0.2) is 5.75 Å². The molecule has 17 heavy (non-hydrogen) atoms. The number of hydrogen-bond donors (Lipinski definition) is 0. The van der Waals surface area contributed by atoms with E-state index in [0.29, 0.717) is 0 Å². The fourth-order valence-corrected chi connectivity index (χ4v) is 1.73. The number of rotatable bonds is 4. The average molecular weight is 278 g/mol. The number of halogens is 2. The van der Waals surface area contributed by atoms with Crippen LogP contribution in [-0.4, -0.2) is 16.3 Å². The molecule has 0 fully saturated rings. The van der Waals surface area contributed by atoms with Crippen LogP contribution in [0.4, 0.5) is 5.69 Å². The van der Waals surface area contributed by atoms with Gasteiger partial charge < -0.3 is 4.74 Å². The summed E-state index contributed by atoms with van der Waals surface area (Å²) in [7, 11) is 0. The number of nitrogens with zero attached hydrogens (tertiary/aromatic N) is 1. The summed E-state index contributed by atoms with van der Waals surface area (Å²) in [5, 5.41) is 9.72. The molecule has 7 heteroatoms. The second-order valence-corrected chi connectivity index (χ2v) is 4.19. The molecular formula is C10H9Cl2NO4. The molecule has 0 N–H and O–H groups in total. The summed E-state index contributed by atoms with van der Waals surface area (Å²) in [4.78, 5) is 21.2. The van der Waals surface area contributed by atoms with E-state index in [0.717, 1.165) is 0 Å². The van der Waals surface area contributed by atoms with Crippen LogP contribution in [0.2, 0.25) is 5.02 Å². The number of carbonyl (C=O) groups excluding carboxylic acids is 1. The van der Waals surface area contributed by atoms with Crippen molar-refractivity contribution >= 4 is 34.1 Å². The fourth-order valence-electron chi connectivity index (χ4n) is 1.22. The maximum absolute atomic E-state index is 11.0. The van der Waals surface area contributed by atoms with E-state index in [1.165, 1.54) is 12.1 Å². The molecule has 5 nitrogen and oxygen atoms in total. The Morgan fingerprint density at radius 3 is 2.47 bits per heavy atom. The smallest absolute Gasteiger partial charge is 0.330 e. The predicted molar refractivity (Wildman–Crippen MR) is 64.1 cm³/mol. The van der Waals surface area contributed by atoms with Crippen molar-refractivity contribution in [2.75, 3.05) is 0 Å². The van der Waals surface area contributed by atoms with Gasteiger partial charge in [0, 0.05) is 0 Å². The molecule has 0 saturated heterocycles. The molecule has 1 aromatic rings. The van der Waals surface area contributed by atoms with Crippen molar-refractivity contribution in [3.8, 4) is 5.75 Å². The summed E-state index contributed by atoms with van der Waals surface area (Å²) < 4.78 is 5.24. The third-order valence-electron chi connectivity index (χ3n) is 1.84. The van der Waals surface area contributed by atoms with Gasteiger partial charge in [-0.25, -0.2) is 0 Å². The molecule has 0 atom stereocenters. The minimum atomic E-state index is -0.853. The normalized spacial score (nSPS) is 10.4. The highest BCUT2D eigenvalue weighted by Gasteiger charge is 2.25. The zero-order chi connectivity index (χ0) is 13.2. The first-order valence-corrected chi connectivity index (χ1v) is 5.43. The van der Waals surface area contributed by atoms with Crippen molar-refractivity contribution in [1.29, 1.82) is 0 Å². The SMILES string of the molecule is CC(C)Oc1ccc(C(=O)Cl)c(Cl)c1[N+](=O)[O-]. The minimum Gasteiger partial charge on any atom is -0.484 e. The molecule has 0 aromatic heterocycles. The van der Waals surface area contributed by atoms with E-state index in [1.807, 2.05) is 0 Å². The van der Waals surface area contributed by atoms with E-state index < -0.39 is 15.9 Å². The van der Waals surface area contributed by atoms with Gasteiger partial charge in [-0.1, -0.05) is 11.6 Å². The Morgan fingerprint density at radius 2 is 2.06 bits per heavy atom. The highest BCUT2D eigenvalue weighted by atomic mass is 35.5. The van der Waals surface area contributed by atoms with E-state index in [4.69, 9.17) is 27.9 Å². The quantitative estimate of drug-likeness (QED) is 0.480. The molecule has 0 heterocycles. The Balaban J connectivity index is 3.39. The van der Waals surface area contributed by atoms with Gasteiger partial charge >= 0.3 is 5.69 Å². The summed E-state index contributed by atoms with van der Waals surface area (Å²) >= 11 is 11.0. The molecule has 0 spiro atoms.